The van der Waals surface area contributed by atoms with Crippen molar-refractivity contribution in [2.24, 2.45) is 0 Å². The van der Waals surface area contributed by atoms with Gasteiger partial charge >= 0.3 is 0 Å². The summed E-state index contributed by atoms with van der Waals surface area (Å²) in [5.74, 6) is -1.49. The third kappa shape index (κ3) is 6.53. The van der Waals surface area contributed by atoms with Crippen molar-refractivity contribution in [2.75, 3.05) is 33.5 Å². The van der Waals surface area contributed by atoms with Crippen molar-refractivity contribution >= 4 is 16.9 Å². The minimum Gasteiger partial charge on any atom is -0.508 e. The molecule has 0 radical (unpaired) electrons. The fraction of sp³-hybridized carbons (Fsp3) is 0.152. The summed E-state index contributed by atoms with van der Waals surface area (Å²) in [6.45, 7) is 0.357. The number of aromatic hydroxyl groups is 4. The minimum atomic E-state index is -0.711. The van der Waals surface area contributed by atoms with Gasteiger partial charge in [0.05, 0.1) is 20.3 Å². The average molecular weight is 600 g/mol. The Morgan fingerprint density at radius 3 is 2.14 bits per heavy atom. The highest BCUT2D eigenvalue weighted by atomic mass is 16.5. The van der Waals surface area contributed by atoms with Crippen LogP contribution in [0.25, 0.3) is 33.4 Å². The molecule has 0 bridgehead atoms. The number of ether oxygens (including phenoxy) is 3. The van der Waals surface area contributed by atoms with Crippen molar-refractivity contribution in [1.29, 1.82) is 0 Å². The van der Waals surface area contributed by atoms with Gasteiger partial charge < -0.3 is 44.4 Å². The predicted molar refractivity (Wildman–Crippen MR) is 162 cm³/mol. The fourth-order valence-electron chi connectivity index (χ4n) is 4.50. The molecule has 1 amide bonds. The highest BCUT2D eigenvalue weighted by molar-refractivity contribution is 5.94. The van der Waals surface area contributed by atoms with Crippen molar-refractivity contribution in [3.05, 3.63) is 94.6 Å². The van der Waals surface area contributed by atoms with Gasteiger partial charge in [-0.3, -0.25) is 9.59 Å². The van der Waals surface area contributed by atoms with Gasteiger partial charge in [0.1, 0.15) is 34.8 Å². The average Bonchev–Trinajstić information content (AvgIpc) is 3.02. The number of phenolic OH excluding ortho intramolecular Hbond substituents is 4. The van der Waals surface area contributed by atoms with E-state index in [4.69, 9.17) is 18.6 Å². The number of nitrogens with one attached hydrogen (secondary N) is 1. The van der Waals surface area contributed by atoms with Crippen molar-refractivity contribution < 1.29 is 43.8 Å². The maximum absolute atomic E-state index is 13.3. The van der Waals surface area contributed by atoms with E-state index in [9.17, 15) is 30.0 Å². The first-order valence-electron chi connectivity index (χ1n) is 13.5. The van der Waals surface area contributed by atoms with E-state index < -0.39 is 16.9 Å². The lowest BCUT2D eigenvalue weighted by atomic mass is 10.0. The van der Waals surface area contributed by atoms with Crippen LogP contribution in [0.1, 0.15) is 10.4 Å². The Hall–Kier alpha value is -5.68. The molecule has 0 spiro atoms. The zero-order valence-electron chi connectivity index (χ0n) is 23.6. The molecule has 0 saturated heterocycles. The van der Waals surface area contributed by atoms with Crippen LogP contribution in [-0.4, -0.2) is 59.8 Å². The van der Waals surface area contributed by atoms with Crippen LogP contribution in [0.4, 0.5) is 0 Å². The highest BCUT2D eigenvalue weighted by Crippen LogP contribution is 2.38. The van der Waals surface area contributed by atoms with Crippen molar-refractivity contribution in [1.82, 2.24) is 5.32 Å². The summed E-state index contributed by atoms with van der Waals surface area (Å²) < 4.78 is 22.2. The normalized spacial score (nSPS) is 10.9. The summed E-state index contributed by atoms with van der Waals surface area (Å²) in [6.07, 6.45) is 0. The Balaban J connectivity index is 1.17. The molecule has 4 aromatic carbocycles. The molecule has 0 unspecified atom stereocenters. The fourth-order valence-corrected chi connectivity index (χ4v) is 4.50. The van der Waals surface area contributed by atoms with E-state index in [0.29, 0.717) is 5.56 Å². The molecular formula is C33H29NO10. The van der Waals surface area contributed by atoms with Gasteiger partial charge in [-0.15, -0.1) is 0 Å². The maximum atomic E-state index is 13.3. The van der Waals surface area contributed by atoms with Gasteiger partial charge in [0.25, 0.3) is 5.91 Å². The van der Waals surface area contributed by atoms with E-state index in [2.05, 4.69) is 5.32 Å². The Morgan fingerprint density at radius 1 is 0.773 bits per heavy atom. The first-order valence-corrected chi connectivity index (χ1v) is 13.5. The predicted octanol–water partition coefficient (Wildman–Crippen LogP) is 4.78. The number of rotatable bonds is 11. The number of amides is 1. The lowest BCUT2D eigenvalue weighted by Crippen LogP contribution is -2.27. The van der Waals surface area contributed by atoms with Crippen LogP contribution in [0.5, 0.6) is 34.5 Å². The molecule has 0 aliphatic heterocycles. The number of benzene rings is 4. The van der Waals surface area contributed by atoms with Gasteiger partial charge in [-0.25, -0.2) is 0 Å². The molecule has 5 rings (SSSR count). The summed E-state index contributed by atoms with van der Waals surface area (Å²) in [6, 6.07) is 20.8. The van der Waals surface area contributed by atoms with Crippen LogP contribution in [0, 0.1) is 0 Å². The molecule has 11 nitrogen and oxygen atoms in total. The largest absolute Gasteiger partial charge is 0.508 e. The van der Waals surface area contributed by atoms with Gasteiger partial charge in [0.2, 0.25) is 11.2 Å². The Morgan fingerprint density at radius 2 is 1.45 bits per heavy atom. The van der Waals surface area contributed by atoms with Crippen LogP contribution >= 0.6 is 0 Å². The number of phenols is 4. The third-order valence-electron chi connectivity index (χ3n) is 6.73. The number of carbonyl (C=O) groups excluding carboxylic acids is 1. The van der Waals surface area contributed by atoms with Crippen LogP contribution < -0.4 is 20.2 Å². The van der Waals surface area contributed by atoms with Crippen LogP contribution in [0.3, 0.4) is 0 Å². The van der Waals surface area contributed by atoms with E-state index >= 15 is 0 Å². The summed E-state index contributed by atoms with van der Waals surface area (Å²) in [5, 5.41) is 42.3. The standard InChI is InChI=1S/C33H29NO10/c1-41-24-9-6-20(7-10-24)19-2-4-21(5-3-19)33(40)34-12-13-42-14-15-43-32-30(39)29-27(38)17-23(35)18-28(29)44-31(32)22-8-11-25(36)26(37)16-22/h2-11,16-18,35-38H,12-15H2,1H3,(H,34,40). The molecule has 11 heteroatoms. The van der Waals surface area contributed by atoms with E-state index in [1.807, 2.05) is 36.4 Å². The topological polar surface area (TPSA) is 168 Å². The first kappa shape index (κ1) is 29.8. The Kier molecular flexibility index (Phi) is 8.87. The molecule has 0 aliphatic rings. The quantitative estimate of drug-likeness (QED) is 0.105. The number of methoxy groups -OCH3 is 1. The lowest BCUT2D eigenvalue weighted by Gasteiger charge is -2.13. The minimum absolute atomic E-state index is 0.0474. The maximum Gasteiger partial charge on any atom is 0.251 e. The van der Waals surface area contributed by atoms with Crippen LogP contribution in [0.2, 0.25) is 0 Å². The SMILES string of the molecule is COc1ccc(-c2ccc(C(=O)NCCOCCOc3c(-c4ccc(O)c(O)c4)oc4cc(O)cc(O)c4c3=O)cc2)cc1. The molecule has 226 valence electrons. The molecular weight excluding hydrogens is 570 g/mol. The monoisotopic (exact) mass is 599 g/mol. The summed E-state index contributed by atoms with van der Waals surface area (Å²) >= 11 is 0. The number of hydrogen-bond acceptors (Lipinski definition) is 10. The smallest absolute Gasteiger partial charge is 0.251 e. The van der Waals surface area contributed by atoms with Gasteiger partial charge in [0.15, 0.2) is 17.3 Å². The van der Waals surface area contributed by atoms with Gasteiger partial charge in [-0.1, -0.05) is 24.3 Å². The zero-order valence-corrected chi connectivity index (χ0v) is 23.6. The number of fused-ring (bicyclic) bond motifs is 1. The highest BCUT2D eigenvalue weighted by Gasteiger charge is 2.21. The van der Waals surface area contributed by atoms with Crippen molar-refractivity contribution in [2.45, 2.75) is 0 Å². The van der Waals surface area contributed by atoms with E-state index in [1.165, 1.54) is 18.2 Å². The van der Waals surface area contributed by atoms with Crippen molar-refractivity contribution in [3.63, 3.8) is 0 Å². The number of hydrogen-bond donors (Lipinski definition) is 5. The molecule has 5 N–H and O–H groups in total. The second-order valence-electron chi connectivity index (χ2n) is 9.65. The van der Waals surface area contributed by atoms with Gasteiger partial charge in [0, 0.05) is 29.8 Å². The first-order chi connectivity index (χ1) is 21.2. The molecule has 0 aliphatic carbocycles. The second kappa shape index (κ2) is 13.1. The second-order valence-corrected chi connectivity index (χ2v) is 9.65. The molecule has 1 aromatic heterocycles. The van der Waals surface area contributed by atoms with Crippen LogP contribution in [-0.2, 0) is 4.74 Å². The van der Waals surface area contributed by atoms with Crippen LogP contribution in [0.15, 0.2) is 88.1 Å². The summed E-state index contributed by atoms with van der Waals surface area (Å²) in [4.78, 5) is 25.8. The lowest BCUT2D eigenvalue weighted by molar-refractivity contribution is 0.0864. The summed E-state index contributed by atoms with van der Waals surface area (Å²) in [7, 11) is 1.61. The Labute approximate surface area is 251 Å². The summed E-state index contributed by atoms with van der Waals surface area (Å²) in [5.41, 5.74) is 1.85. The molecule has 5 aromatic rings. The zero-order chi connectivity index (χ0) is 31.2. The molecule has 44 heavy (non-hydrogen) atoms. The van der Waals surface area contributed by atoms with Gasteiger partial charge in [-0.2, -0.15) is 0 Å². The van der Waals surface area contributed by atoms with Crippen molar-refractivity contribution in [3.8, 4) is 56.9 Å². The van der Waals surface area contributed by atoms with E-state index in [1.54, 1.807) is 19.2 Å². The molecule has 0 atom stereocenters. The van der Waals surface area contributed by atoms with E-state index in [0.717, 1.165) is 29.0 Å². The Bertz CT molecular complexity index is 1850. The molecule has 0 fully saturated rings. The van der Waals surface area contributed by atoms with Gasteiger partial charge in [-0.05, 0) is 53.6 Å². The molecule has 1 heterocycles. The molecule has 0 saturated carbocycles. The third-order valence-corrected chi connectivity index (χ3v) is 6.73. The number of carbonyl (C=O) groups is 1. The van der Waals surface area contributed by atoms with E-state index in [-0.39, 0.29) is 71.8 Å².